The third-order valence-corrected chi connectivity index (χ3v) is 2.69. The normalized spacial score (nSPS) is 11.7. The smallest absolute Gasteiger partial charge is 0.336 e. The van der Waals surface area contributed by atoms with Gasteiger partial charge in [-0.2, -0.15) is 0 Å². The first kappa shape index (κ1) is 14.7. The van der Waals surface area contributed by atoms with E-state index in [-0.39, 0.29) is 17.2 Å². The third kappa shape index (κ3) is 3.54. The van der Waals surface area contributed by atoms with Gasteiger partial charge in [0, 0.05) is 0 Å². The fourth-order valence-corrected chi connectivity index (χ4v) is 1.33. The second-order valence-corrected chi connectivity index (χ2v) is 4.05. The van der Waals surface area contributed by atoms with E-state index in [1.165, 1.54) is 6.07 Å². The average molecular weight is 266 g/mol. The summed E-state index contributed by atoms with van der Waals surface area (Å²) in [6.07, 6.45) is 0.595. The molecule has 1 atom stereocenters. The number of esters is 1. The van der Waals surface area contributed by atoms with E-state index >= 15 is 0 Å². The zero-order valence-electron chi connectivity index (χ0n) is 10.5. The molecule has 0 fully saturated rings. The average Bonchev–Trinajstić information content (AvgIpc) is 2.37. The van der Waals surface area contributed by atoms with Gasteiger partial charge in [-0.05, 0) is 24.6 Å². The van der Waals surface area contributed by atoms with E-state index in [0.717, 1.165) is 12.1 Å². The van der Waals surface area contributed by atoms with Gasteiger partial charge in [-0.25, -0.2) is 9.59 Å². The number of aromatic carboxylic acids is 2. The lowest BCUT2D eigenvalue weighted by molar-refractivity contribution is -0.138. The first-order chi connectivity index (χ1) is 8.86. The Morgan fingerprint density at radius 2 is 1.74 bits per heavy atom. The molecule has 0 aromatic heterocycles. The molecule has 1 unspecified atom stereocenters. The lowest BCUT2D eigenvalue weighted by Gasteiger charge is -2.10. The molecule has 1 aromatic carbocycles. The van der Waals surface area contributed by atoms with E-state index in [1.54, 1.807) is 6.92 Å². The minimum atomic E-state index is -1.39. The highest BCUT2D eigenvalue weighted by atomic mass is 16.5. The Hall–Kier alpha value is -2.37. The Bertz CT molecular complexity index is 520. The van der Waals surface area contributed by atoms with Gasteiger partial charge in [0.1, 0.15) is 5.75 Å². The minimum absolute atomic E-state index is 0.0210. The molecule has 1 rings (SSSR count). The van der Waals surface area contributed by atoms with Crippen LogP contribution in [0.3, 0.4) is 0 Å². The van der Waals surface area contributed by atoms with E-state index in [1.807, 2.05) is 6.92 Å². The highest BCUT2D eigenvalue weighted by Gasteiger charge is 2.19. The van der Waals surface area contributed by atoms with Gasteiger partial charge in [0.15, 0.2) is 0 Å². The van der Waals surface area contributed by atoms with Crippen molar-refractivity contribution < 1.29 is 29.3 Å². The Kier molecular flexibility index (Phi) is 4.63. The largest absolute Gasteiger partial charge is 0.478 e. The highest BCUT2D eigenvalue weighted by Crippen LogP contribution is 2.20. The molecule has 19 heavy (non-hydrogen) atoms. The van der Waals surface area contributed by atoms with Gasteiger partial charge in [-0.3, -0.25) is 4.79 Å². The highest BCUT2D eigenvalue weighted by molar-refractivity contribution is 6.02. The number of carboxylic acids is 2. The fourth-order valence-electron chi connectivity index (χ4n) is 1.33. The number of carbonyl (C=O) groups is 3. The third-order valence-electron chi connectivity index (χ3n) is 2.69. The summed E-state index contributed by atoms with van der Waals surface area (Å²) in [6, 6.07) is 3.40. The number of hydrogen-bond acceptors (Lipinski definition) is 4. The summed E-state index contributed by atoms with van der Waals surface area (Å²) in [6.45, 7) is 3.51. The van der Waals surface area contributed by atoms with Gasteiger partial charge in [-0.1, -0.05) is 13.8 Å². The zero-order valence-corrected chi connectivity index (χ0v) is 10.5. The molecular weight excluding hydrogens is 252 g/mol. The molecule has 0 aliphatic carbocycles. The van der Waals surface area contributed by atoms with Crippen LogP contribution in [0.25, 0.3) is 0 Å². The van der Waals surface area contributed by atoms with Crippen LogP contribution in [0.5, 0.6) is 5.75 Å². The van der Waals surface area contributed by atoms with Gasteiger partial charge in [0.25, 0.3) is 0 Å². The lowest BCUT2D eigenvalue weighted by Crippen LogP contribution is -2.17. The maximum Gasteiger partial charge on any atom is 0.336 e. The molecular formula is C13H14O6. The van der Waals surface area contributed by atoms with Gasteiger partial charge in [0.2, 0.25) is 0 Å². The summed E-state index contributed by atoms with van der Waals surface area (Å²) in [4.78, 5) is 33.4. The molecule has 0 aliphatic rings. The van der Waals surface area contributed by atoms with Crippen molar-refractivity contribution in [3.63, 3.8) is 0 Å². The topological polar surface area (TPSA) is 101 Å². The molecule has 0 aliphatic heterocycles. The van der Waals surface area contributed by atoms with Crippen molar-refractivity contribution in [1.82, 2.24) is 0 Å². The van der Waals surface area contributed by atoms with Crippen LogP contribution < -0.4 is 4.74 Å². The fraction of sp³-hybridized carbons (Fsp3) is 0.308. The summed E-state index contributed by atoms with van der Waals surface area (Å²) in [5.41, 5.74) is -0.766. The zero-order chi connectivity index (χ0) is 14.6. The van der Waals surface area contributed by atoms with Crippen LogP contribution >= 0.6 is 0 Å². The molecule has 0 saturated carbocycles. The Balaban J connectivity index is 3.06. The first-order valence-corrected chi connectivity index (χ1v) is 5.69. The van der Waals surface area contributed by atoms with E-state index in [4.69, 9.17) is 14.9 Å². The van der Waals surface area contributed by atoms with Crippen molar-refractivity contribution >= 4 is 17.9 Å². The molecule has 0 bridgehead atoms. The minimum Gasteiger partial charge on any atom is -0.478 e. The Morgan fingerprint density at radius 3 is 2.21 bits per heavy atom. The molecule has 0 heterocycles. The van der Waals surface area contributed by atoms with Crippen molar-refractivity contribution in [3.8, 4) is 5.75 Å². The van der Waals surface area contributed by atoms with Gasteiger partial charge in [-0.15, -0.1) is 0 Å². The van der Waals surface area contributed by atoms with E-state index in [2.05, 4.69) is 0 Å². The number of hydrogen-bond donors (Lipinski definition) is 2. The summed E-state index contributed by atoms with van der Waals surface area (Å²) >= 11 is 0. The monoisotopic (exact) mass is 266 g/mol. The van der Waals surface area contributed by atoms with Gasteiger partial charge >= 0.3 is 17.9 Å². The molecule has 102 valence electrons. The molecule has 0 amide bonds. The van der Waals surface area contributed by atoms with Crippen LogP contribution in [-0.2, 0) is 4.79 Å². The first-order valence-electron chi connectivity index (χ1n) is 5.69. The summed E-state index contributed by atoms with van der Waals surface area (Å²) in [5, 5.41) is 17.8. The van der Waals surface area contributed by atoms with Gasteiger partial charge < -0.3 is 14.9 Å². The summed E-state index contributed by atoms with van der Waals surface area (Å²) < 4.78 is 5.00. The number of carbonyl (C=O) groups excluding carboxylic acids is 1. The quantitative estimate of drug-likeness (QED) is 0.624. The number of rotatable bonds is 5. The second kappa shape index (κ2) is 5.99. The second-order valence-electron chi connectivity index (χ2n) is 4.05. The van der Waals surface area contributed by atoms with Gasteiger partial charge in [0.05, 0.1) is 17.0 Å². The van der Waals surface area contributed by atoms with Crippen LogP contribution in [0.2, 0.25) is 0 Å². The molecule has 2 N–H and O–H groups in total. The predicted octanol–water partition coefficient (Wildman–Crippen LogP) is 2.03. The maximum absolute atomic E-state index is 11.6. The van der Waals surface area contributed by atoms with Crippen LogP contribution in [-0.4, -0.2) is 28.1 Å². The van der Waals surface area contributed by atoms with Crippen LogP contribution in [0.15, 0.2) is 18.2 Å². The predicted molar refractivity (Wildman–Crippen MR) is 65.5 cm³/mol. The Labute approximate surface area is 109 Å². The molecule has 0 saturated heterocycles. The van der Waals surface area contributed by atoms with E-state index < -0.39 is 23.5 Å². The van der Waals surface area contributed by atoms with Crippen molar-refractivity contribution in [3.05, 3.63) is 29.3 Å². The summed E-state index contributed by atoms with van der Waals surface area (Å²) in [5.74, 6) is -3.52. The maximum atomic E-state index is 11.6. The van der Waals surface area contributed by atoms with Crippen LogP contribution in [0.4, 0.5) is 0 Å². The Morgan fingerprint density at radius 1 is 1.16 bits per heavy atom. The molecule has 1 aromatic rings. The number of benzene rings is 1. The standard InChI is InChI=1S/C13H14O6/c1-3-7(2)13(18)19-8-4-5-9(11(14)15)10(6-8)12(16)17/h4-7H,3H2,1-2H3,(H,14,15)(H,16,17). The van der Waals surface area contributed by atoms with Crippen molar-refractivity contribution in [2.75, 3.05) is 0 Å². The van der Waals surface area contributed by atoms with Crippen LogP contribution in [0.1, 0.15) is 41.0 Å². The SMILES string of the molecule is CCC(C)C(=O)Oc1ccc(C(=O)O)c(C(=O)O)c1. The van der Waals surface area contributed by atoms with E-state index in [0.29, 0.717) is 6.42 Å². The van der Waals surface area contributed by atoms with Crippen LogP contribution in [0, 0.1) is 5.92 Å². The summed E-state index contributed by atoms with van der Waals surface area (Å²) in [7, 11) is 0. The van der Waals surface area contributed by atoms with E-state index in [9.17, 15) is 14.4 Å². The van der Waals surface area contributed by atoms with Crippen molar-refractivity contribution in [1.29, 1.82) is 0 Å². The number of carboxylic acid groups (broad SMARTS) is 2. The molecule has 6 heteroatoms. The number of ether oxygens (including phenoxy) is 1. The van der Waals surface area contributed by atoms with Crippen molar-refractivity contribution in [2.45, 2.75) is 20.3 Å². The molecule has 0 spiro atoms. The lowest BCUT2D eigenvalue weighted by atomic mass is 10.1. The van der Waals surface area contributed by atoms with Crippen molar-refractivity contribution in [2.24, 2.45) is 5.92 Å². The molecule has 6 nitrogen and oxygen atoms in total. The molecule has 0 radical (unpaired) electrons.